The number of thioether (sulfide) groups is 1. The van der Waals surface area contributed by atoms with Gasteiger partial charge in [-0.1, -0.05) is 65.8 Å². The normalized spacial score (nSPS) is 13.4. The number of hydrazone groups is 1. The molecule has 0 saturated heterocycles. The smallest absolute Gasteiger partial charge is 0.266 e. The van der Waals surface area contributed by atoms with Crippen molar-refractivity contribution in [2.24, 2.45) is 5.10 Å². The van der Waals surface area contributed by atoms with Crippen molar-refractivity contribution in [3.05, 3.63) is 99.3 Å². The molecule has 4 aromatic rings. The fraction of sp³-hybridized carbons (Fsp3) is 0.154. The van der Waals surface area contributed by atoms with E-state index in [1.165, 1.54) is 16.8 Å². The fourth-order valence-electron chi connectivity index (χ4n) is 3.90. The molecule has 1 aliphatic rings. The monoisotopic (exact) mass is 488 g/mol. The van der Waals surface area contributed by atoms with Crippen molar-refractivity contribution in [3.8, 4) is 5.69 Å². The highest BCUT2D eigenvalue weighted by Crippen LogP contribution is 2.24. The highest BCUT2D eigenvalue weighted by molar-refractivity contribution is 7.99. The van der Waals surface area contributed by atoms with Crippen LogP contribution in [0, 0.1) is 6.92 Å². The van der Waals surface area contributed by atoms with E-state index in [-0.39, 0.29) is 17.2 Å². The van der Waals surface area contributed by atoms with Gasteiger partial charge in [0.1, 0.15) is 0 Å². The van der Waals surface area contributed by atoms with Crippen LogP contribution in [0.5, 0.6) is 0 Å². The topological polar surface area (TPSA) is 67.6 Å². The maximum Gasteiger partial charge on any atom is 0.266 e. The third-order valence-electron chi connectivity index (χ3n) is 5.58. The molecule has 0 atom stereocenters. The highest BCUT2D eigenvalue weighted by Gasteiger charge is 2.23. The number of rotatable bonds is 5. The van der Waals surface area contributed by atoms with Crippen LogP contribution in [0.15, 0.2) is 87.8 Å². The molecular weight excluding hydrogens is 468 g/mol. The first-order valence-corrected chi connectivity index (χ1v) is 12.2. The van der Waals surface area contributed by atoms with Crippen LogP contribution in [0.4, 0.5) is 0 Å². The predicted molar refractivity (Wildman–Crippen MR) is 137 cm³/mol. The van der Waals surface area contributed by atoms with E-state index in [9.17, 15) is 9.59 Å². The summed E-state index contributed by atoms with van der Waals surface area (Å²) in [4.78, 5) is 31.1. The summed E-state index contributed by atoms with van der Waals surface area (Å²) >= 11 is 7.37. The number of nitrogens with zero attached hydrogens (tertiary/aromatic N) is 4. The molecule has 6 nitrogen and oxygen atoms in total. The van der Waals surface area contributed by atoms with Crippen molar-refractivity contribution in [2.75, 3.05) is 12.3 Å². The number of hydrogen-bond acceptors (Lipinski definition) is 5. The molecule has 8 heteroatoms. The molecule has 0 fully saturated rings. The fourth-order valence-corrected chi connectivity index (χ4v) is 4.95. The summed E-state index contributed by atoms with van der Waals surface area (Å²) in [6.45, 7) is 2.50. The lowest BCUT2D eigenvalue weighted by molar-refractivity contribution is -0.127. The summed E-state index contributed by atoms with van der Waals surface area (Å²) in [6.07, 6.45) is 0.709. The second-order valence-electron chi connectivity index (χ2n) is 8.00. The summed E-state index contributed by atoms with van der Waals surface area (Å²) in [7, 11) is 0. The molecule has 1 aromatic heterocycles. The zero-order valence-corrected chi connectivity index (χ0v) is 20.0. The van der Waals surface area contributed by atoms with Crippen molar-refractivity contribution < 1.29 is 4.79 Å². The molecule has 3 aromatic carbocycles. The van der Waals surface area contributed by atoms with Gasteiger partial charge in [-0.25, -0.2) is 9.99 Å². The van der Waals surface area contributed by atoms with Gasteiger partial charge in [0.15, 0.2) is 5.16 Å². The van der Waals surface area contributed by atoms with Crippen LogP contribution in [-0.2, 0) is 4.79 Å². The lowest BCUT2D eigenvalue weighted by Gasteiger charge is -2.15. The van der Waals surface area contributed by atoms with Crippen molar-refractivity contribution in [1.82, 2.24) is 14.6 Å². The van der Waals surface area contributed by atoms with Crippen LogP contribution < -0.4 is 5.56 Å². The van der Waals surface area contributed by atoms with E-state index in [1.54, 1.807) is 22.8 Å². The average Bonchev–Trinajstić information content (AvgIpc) is 3.33. The van der Waals surface area contributed by atoms with Gasteiger partial charge in [0.2, 0.25) is 0 Å². The minimum atomic E-state index is -0.201. The van der Waals surface area contributed by atoms with Crippen LogP contribution in [0.25, 0.3) is 16.6 Å². The Morgan fingerprint density at radius 1 is 1.06 bits per heavy atom. The Kier molecular flexibility index (Phi) is 6.22. The third-order valence-corrected chi connectivity index (χ3v) is 6.74. The van der Waals surface area contributed by atoms with Crippen molar-refractivity contribution in [3.63, 3.8) is 0 Å². The molecule has 0 N–H and O–H groups in total. The summed E-state index contributed by atoms with van der Waals surface area (Å²) in [5, 5.41) is 7.43. The van der Waals surface area contributed by atoms with Crippen LogP contribution in [0.1, 0.15) is 17.5 Å². The van der Waals surface area contributed by atoms with Crippen molar-refractivity contribution in [1.29, 1.82) is 0 Å². The summed E-state index contributed by atoms with van der Waals surface area (Å²) in [6, 6.07) is 22.5. The van der Waals surface area contributed by atoms with E-state index in [1.807, 2.05) is 61.5 Å². The van der Waals surface area contributed by atoms with E-state index < -0.39 is 0 Å². The van der Waals surface area contributed by atoms with E-state index in [0.29, 0.717) is 39.7 Å². The molecule has 0 aliphatic carbocycles. The number of carbonyl (C=O) groups excluding carboxylic acids is 1. The van der Waals surface area contributed by atoms with E-state index in [0.717, 1.165) is 16.8 Å². The number of benzene rings is 3. The second kappa shape index (κ2) is 9.44. The number of fused-ring (bicyclic) bond motifs is 1. The largest absolute Gasteiger partial charge is 0.272 e. The number of hydrogen-bond donors (Lipinski definition) is 0. The van der Waals surface area contributed by atoms with Gasteiger partial charge in [-0.3, -0.25) is 14.2 Å². The molecule has 2 heterocycles. The second-order valence-corrected chi connectivity index (χ2v) is 9.38. The van der Waals surface area contributed by atoms with Crippen LogP contribution in [-0.4, -0.2) is 38.5 Å². The Morgan fingerprint density at radius 3 is 2.68 bits per heavy atom. The molecule has 0 bridgehead atoms. The number of amides is 1. The molecule has 0 spiro atoms. The molecular formula is C26H21ClN4O2S. The number of aryl methyl sites for hydroxylation is 1. The van der Waals surface area contributed by atoms with E-state index >= 15 is 0 Å². The van der Waals surface area contributed by atoms with Crippen molar-refractivity contribution in [2.45, 2.75) is 18.5 Å². The molecule has 34 heavy (non-hydrogen) atoms. The van der Waals surface area contributed by atoms with Crippen molar-refractivity contribution >= 4 is 45.9 Å². The SMILES string of the molecule is Cc1cccc(-n2c(SCC(=O)N3CCC(c4ccccc4)=N3)nc3cc(Cl)ccc3c2=O)c1. The van der Waals surface area contributed by atoms with Gasteiger partial charge >= 0.3 is 0 Å². The summed E-state index contributed by atoms with van der Waals surface area (Å²) in [5.41, 5.74) is 3.94. The van der Waals surface area contributed by atoms with Crippen LogP contribution >= 0.6 is 23.4 Å². The first-order valence-electron chi connectivity index (χ1n) is 10.8. The Morgan fingerprint density at radius 2 is 1.88 bits per heavy atom. The molecule has 0 radical (unpaired) electrons. The number of halogens is 1. The Labute approximate surface area is 205 Å². The van der Waals surface area contributed by atoms with Crippen LogP contribution in [0.3, 0.4) is 0 Å². The summed E-state index contributed by atoms with van der Waals surface area (Å²) in [5.74, 6) is -0.0252. The molecule has 1 aliphatic heterocycles. The average molecular weight is 489 g/mol. The van der Waals surface area contributed by atoms with E-state index in [4.69, 9.17) is 16.6 Å². The molecule has 170 valence electrons. The standard InChI is InChI=1S/C26H21ClN4O2S/c1-17-6-5-9-20(14-17)31-25(33)21-11-10-19(27)15-23(21)28-26(31)34-16-24(32)30-13-12-22(29-30)18-7-3-2-4-8-18/h2-11,14-15H,12-13,16H2,1H3. The van der Waals surface area contributed by atoms with Gasteiger partial charge in [-0.15, -0.1) is 0 Å². The Hall–Kier alpha value is -3.42. The summed E-state index contributed by atoms with van der Waals surface area (Å²) < 4.78 is 1.56. The van der Waals surface area contributed by atoms with Gasteiger partial charge < -0.3 is 0 Å². The predicted octanol–water partition coefficient (Wildman–Crippen LogP) is 5.08. The van der Waals surface area contributed by atoms with Gasteiger partial charge in [0.25, 0.3) is 11.5 Å². The Balaban J connectivity index is 1.46. The maximum atomic E-state index is 13.4. The first-order chi connectivity index (χ1) is 16.5. The number of aromatic nitrogens is 2. The highest BCUT2D eigenvalue weighted by atomic mass is 35.5. The maximum absolute atomic E-state index is 13.4. The zero-order chi connectivity index (χ0) is 23.7. The first kappa shape index (κ1) is 22.4. The number of carbonyl (C=O) groups is 1. The molecule has 1 amide bonds. The van der Waals surface area contributed by atoms with E-state index in [2.05, 4.69) is 5.10 Å². The third kappa shape index (κ3) is 4.49. The van der Waals surface area contributed by atoms with Gasteiger partial charge in [0.05, 0.1) is 34.6 Å². The lowest BCUT2D eigenvalue weighted by Crippen LogP contribution is -2.26. The van der Waals surface area contributed by atoms with Gasteiger partial charge in [0, 0.05) is 11.4 Å². The molecule has 0 unspecified atom stereocenters. The van der Waals surface area contributed by atoms with Crippen LogP contribution in [0.2, 0.25) is 5.02 Å². The van der Waals surface area contributed by atoms with Gasteiger partial charge in [-0.2, -0.15) is 5.10 Å². The van der Waals surface area contributed by atoms with Gasteiger partial charge in [-0.05, 0) is 48.4 Å². The minimum Gasteiger partial charge on any atom is -0.272 e. The quantitative estimate of drug-likeness (QED) is 0.290. The molecule has 0 saturated carbocycles. The molecule has 5 rings (SSSR count). The Bertz CT molecular complexity index is 1480. The minimum absolute atomic E-state index is 0.107. The zero-order valence-electron chi connectivity index (χ0n) is 18.4. The lowest BCUT2D eigenvalue weighted by atomic mass is 10.1.